The lowest BCUT2D eigenvalue weighted by atomic mass is 9.87. The van der Waals surface area contributed by atoms with Gasteiger partial charge in [0.25, 0.3) is 5.91 Å². The second-order valence-corrected chi connectivity index (χ2v) is 20.9. The van der Waals surface area contributed by atoms with Crippen LogP contribution in [0.5, 0.6) is 5.75 Å². The summed E-state index contributed by atoms with van der Waals surface area (Å²) in [6, 6.07) is 1.14. The van der Waals surface area contributed by atoms with Crippen molar-refractivity contribution < 1.29 is 32.3 Å². The molecule has 3 atom stereocenters. The van der Waals surface area contributed by atoms with Crippen LogP contribution in [-0.2, 0) is 24.2 Å². The van der Waals surface area contributed by atoms with Gasteiger partial charge >= 0.3 is 0 Å². The van der Waals surface area contributed by atoms with E-state index in [9.17, 15) is 27.6 Å². The molecule has 4 amide bonds. The molecular formula is C44H62N14O7S. The number of H-pyrrole nitrogens is 1. The number of aromatic amines is 1. The second kappa shape index (κ2) is 19.8. The molecule has 0 bridgehead atoms. The van der Waals surface area contributed by atoms with Gasteiger partial charge in [0, 0.05) is 87.5 Å². The summed E-state index contributed by atoms with van der Waals surface area (Å²) in [7, 11) is -2.19. The molecule has 6 N–H and O–H groups in total. The van der Waals surface area contributed by atoms with Gasteiger partial charge in [-0.1, -0.05) is 0 Å². The zero-order chi connectivity index (χ0) is 47.5. The van der Waals surface area contributed by atoms with Crippen molar-refractivity contribution in [2.75, 3.05) is 76.2 Å². The molecule has 1 unspecified atom stereocenters. The number of nitrogens with two attached hydrogens (primary N) is 1. The lowest BCUT2D eigenvalue weighted by Crippen LogP contribution is -2.59. The van der Waals surface area contributed by atoms with Crippen LogP contribution in [0.25, 0.3) is 10.9 Å². The SMILES string of the molecule is CN[C@@H](C)C(=O)NC(C(=O)N1CCC[C@H]1C(N)=O)C1CCN(C(=O)c2cnc(N3CCN(CCOc4cc5ncnc(Nc6n[nH]c(C)c6C)c5cc4S(=O)(=O)C(C)(C)C)CC3)nc2)CC1. The Labute approximate surface area is 384 Å². The number of primary amides is 1. The van der Waals surface area contributed by atoms with E-state index in [1.54, 1.807) is 51.8 Å². The van der Waals surface area contributed by atoms with Gasteiger partial charge in [0.2, 0.25) is 23.7 Å². The van der Waals surface area contributed by atoms with Crippen LogP contribution in [0, 0.1) is 19.8 Å². The number of benzene rings is 1. The fourth-order valence-electron chi connectivity index (χ4n) is 8.50. The molecule has 66 heavy (non-hydrogen) atoms. The summed E-state index contributed by atoms with van der Waals surface area (Å²) in [4.78, 5) is 78.0. The maximum Gasteiger partial charge on any atom is 0.256 e. The number of piperidine rings is 1. The molecule has 6 heterocycles. The number of sulfone groups is 1. The number of anilines is 3. The average molecular weight is 931 g/mol. The van der Waals surface area contributed by atoms with Crippen molar-refractivity contribution >= 4 is 62.0 Å². The number of nitrogens with zero attached hydrogens (tertiary/aromatic N) is 9. The Hall–Kier alpha value is -6.00. The fraction of sp³-hybridized carbons (Fsp3) is 0.568. The molecule has 3 aliphatic rings. The van der Waals surface area contributed by atoms with Crippen LogP contribution in [-0.4, -0.2) is 166 Å². The van der Waals surface area contributed by atoms with Crippen molar-refractivity contribution in [3.63, 3.8) is 0 Å². The van der Waals surface area contributed by atoms with E-state index in [4.69, 9.17) is 10.5 Å². The van der Waals surface area contributed by atoms with Gasteiger partial charge in [0.05, 0.1) is 21.9 Å². The normalized spacial score (nSPS) is 18.6. The van der Waals surface area contributed by atoms with Crippen molar-refractivity contribution in [2.24, 2.45) is 11.7 Å². The highest BCUT2D eigenvalue weighted by atomic mass is 32.2. The van der Waals surface area contributed by atoms with Crippen LogP contribution in [0.4, 0.5) is 17.6 Å². The Bertz CT molecular complexity index is 2530. The standard InChI is InChI=1S/C44H62N14O7S/c1-26-27(2)53-54-38(26)52-39-31-21-35(66(63,64)44(4,5)6)34(22-32(31)49-25-50-39)65-20-19-55-15-17-57(18-16-55)43-47-23-30(24-48-43)41(61)56-13-10-29(11-14-56)36(51-40(60)28(3)46-7)42(62)58-12-8-9-33(58)37(45)59/h21-25,28-29,33,36,46H,8-20H2,1-7H3,(H2,45,59)(H,51,60)(H2,49,50,52,53,54)/t28-,33-,36?/m0/s1. The number of ether oxygens (including phenoxy) is 1. The summed E-state index contributed by atoms with van der Waals surface area (Å²) in [5.74, 6) is 0.0628. The monoisotopic (exact) mass is 930 g/mol. The largest absolute Gasteiger partial charge is 0.491 e. The Balaban J connectivity index is 0.931. The van der Waals surface area contributed by atoms with Crippen LogP contribution in [0.15, 0.2) is 35.7 Å². The first-order valence-corrected chi connectivity index (χ1v) is 24.0. The van der Waals surface area contributed by atoms with Crippen molar-refractivity contribution in [1.29, 1.82) is 0 Å². The minimum Gasteiger partial charge on any atom is -0.491 e. The zero-order valence-corrected chi connectivity index (χ0v) is 39.6. The predicted octanol–water partition coefficient (Wildman–Crippen LogP) is 1.70. The summed E-state index contributed by atoms with van der Waals surface area (Å²) in [6.07, 6.45) is 6.58. The first-order chi connectivity index (χ1) is 31.4. The summed E-state index contributed by atoms with van der Waals surface area (Å²) in [5.41, 5.74) is 8.30. The molecule has 0 aliphatic carbocycles. The third-order valence-electron chi connectivity index (χ3n) is 13.0. The van der Waals surface area contributed by atoms with E-state index in [-0.39, 0.29) is 40.9 Å². The van der Waals surface area contributed by atoms with Crippen molar-refractivity contribution in [1.82, 2.24) is 55.5 Å². The summed E-state index contributed by atoms with van der Waals surface area (Å²) < 4.78 is 33.0. The zero-order valence-electron chi connectivity index (χ0n) is 38.8. The number of aromatic nitrogens is 6. The highest BCUT2D eigenvalue weighted by Crippen LogP contribution is 2.37. The van der Waals surface area contributed by atoms with Gasteiger partial charge in [-0.05, 0) is 86.3 Å². The molecule has 3 aromatic heterocycles. The molecule has 0 radical (unpaired) electrons. The molecular weight excluding hydrogens is 869 g/mol. The van der Waals surface area contributed by atoms with Gasteiger partial charge in [-0.25, -0.2) is 28.4 Å². The number of carbonyl (C=O) groups excluding carboxylic acids is 4. The summed E-state index contributed by atoms with van der Waals surface area (Å²) in [6.45, 7) is 15.0. The molecule has 356 valence electrons. The molecule has 0 saturated carbocycles. The summed E-state index contributed by atoms with van der Waals surface area (Å²) in [5, 5.41) is 16.8. The third-order valence-corrected chi connectivity index (χ3v) is 15.6. The third kappa shape index (κ3) is 10.2. The van der Waals surface area contributed by atoms with E-state index in [0.717, 1.165) is 11.3 Å². The first-order valence-electron chi connectivity index (χ1n) is 22.5. The van der Waals surface area contributed by atoms with Gasteiger partial charge in [-0.3, -0.25) is 29.2 Å². The highest BCUT2D eigenvalue weighted by molar-refractivity contribution is 7.92. The number of fused-ring (bicyclic) bond motifs is 1. The van der Waals surface area contributed by atoms with Crippen LogP contribution < -0.4 is 31.3 Å². The molecule has 21 nitrogen and oxygen atoms in total. The van der Waals surface area contributed by atoms with E-state index in [0.29, 0.717) is 112 Å². The van der Waals surface area contributed by atoms with Crippen LogP contribution in [0.1, 0.15) is 75.0 Å². The lowest BCUT2D eigenvalue weighted by molar-refractivity contribution is -0.142. The minimum absolute atomic E-state index is 0.0585. The van der Waals surface area contributed by atoms with Crippen molar-refractivity contribution in [3.8, 4) is 5.75 Å². The highest BCUT2D eigenvalue weighted by Gasteiger charge is 2.42. The molecule has 7 rings (SSSR count). The first kappa shape index (κ1) is 47.9. The second-order valence-electron chi connectivity index (χ2n) is 18.3. The predicted molar refractivity (Wildman–Crippen MR) is 247 cm³/mol. The Morgan fingerprint density at radius 3 is 2.26 bits per heavy atom. The fourth-order valence-corrected chi connectivity index (χ4v) is 9.82. The number of piperazine rings is 1. The number of amides is 4. The number of likely N-dealkylation sites (tertiary alicyclic amines) is 2. The molecule has 0 spiro atoms. The number of hydrogen-bond acceptors (Lipinski definition) is 16. The quantitative estimate of drug-likeness (QED) is 0.114. The topological polar surface area (TPSA) is 267 Å². The number of carbonyl (C=O) groups is 4. The van der Waals surface area contributed by atoms with Gasteiger partial charge in [-0.2, -0.15) is 5.10 Å². The minimum atomic E-state index is -3.85. The Kier molecular flexibility index (Phi) is 14.4. The lowest BCUT2D eigenvalue weighted by Gasteiger charge is -2.38. The number of aryl methyl sites for hydroxylation is 1. The maximum absolute atomic E-state index is 13.9. The number of nitrogens with one attached hydrogen (secondary N) is 4. The molecule has 22 heteroatoms. The van der Waals surface area contributed by atoms with Gasteiger partial charge in [-0.15, -0.1) is 0 Å². The van der Waals surface area contributed by atoms with E-state index >= 15 is 0 Å². The molecule has 3 saturated heterocycles. The van der Waals surface area contributed by atoms with E-state index in [2.05, 4.69) is 55.9 Å². The van der Waals surface area contributed by atoms with Crippen LogP contribution >= 0.6 is 0 Å². The number of likely N-dealkylation sites (N-methyl/N-ethyl adjacent to an activating group) is 1. The van der Waals surface area contributed by atoms with Gasteiger partial charge in [0.15, 0.2) is 15.7 Å². The van der Waals surface area contributed by atoms with Crippen LogP contribution in [0.3, 0.4) is 0 Å². The molecule has 4 aromatic rings. The maximum atomic E-state index is 13.9. The number of hydrogen-bond donors (Lipinski definition) is 5. The molecule has 3 aliphatic heterocycles. The Morgan fingerprint density at radius 1 is 0.939 bits per heavy atom. The van der Waals surface area contributed by atoms with Gasteiger partial charge < -0.3 is 41.1 Å². The molecule has 1 aromatic carbocycles. The van der Waals surface area contributed by atoms with E-state index < -0.39 is 38.6 Å². The average Bonchev–Trinajstić information content (AvgIpc) is 3.93. The van der Waals surface area contributed by atoms with E-state index in [1.165, 1.54) is 23.6 Å². The molecule has 3 fully saturated rings. The van der Waals surface area contributed by atoms with Crippen molar-refractivity contribution in [2.45, 2.75) is 95.0 Å². The van der Waals surface area contributed by atoms with E-state index in [1.807, 2.05) is 13.8 Å². The van der Waals surface area contributed by atoms with Crippen molar-refractivity contribution in [3.05, 3.63) is 47.7 Å². The van der Waals surface area contributed by atoms with Crippen LogP contribution in [0.2, 0.25) is 0 Å². The van der Waals surface area contributed by atoms with Gasteiger partial charge in [0.1, 0.15) is 41.5 Å². The Morgan fingerprint density at radius 2 is 1.64 bits per heavy atom. The summed E-state index contributed by atoms with van der Waals surface area (Å²) >= 11 is 0. The smallest absolute Gasteiger partial charge is 0.256 e. The number of rotatable bonds is 15.